The maximum absolute atomic E-state index is 11.8. The van der Waals surface area contributed by atoms with Gasteiger partial charge in [0, 0.05) is 16.3 Å². The molecule has 186 valence electrons. The highest BCUT2D eigenvalue weighted by atomic mass is 32.2. The highest BCUT2D eigenvalue weighted by molar-refractivity contribution is 7.99. The van der Waals surface area contributed by atoms with Gasteiger partial charge >= 0.3 is 5.97 Å². The zero-order valence-electron chi connectivity index (χ0n) is 20.4. The molecule has 0 fully saturated rings. The van der Waals surface area contributed by atoms with Gasteiger partial charge in [-0.2, -0.15) is 9.50 Å². The number of fused-ring (bicyclic) bond motifs is 8. The molecule has 5 aromatic heterocycles. The Labute approximate surface area is 223 Å². The summed E-state index contributed by atoms with van der Waals surface area (Å²) < 4.78 is 7.54. The largest absolute Gasteiger partial charge is 0.465 e. The van der Waals surface area contributed by atoms with Gasteiger partial charge in [0.2, 0.25) is 5.16 Å². The van der Waals surface area contributed by atoms with Gasteiger partial charge in [0.1, 0.15) is 26.9 Å². The molecule has 7 aromatic rings. The van der Waals surface area contributed by atoms with Crippen molar-refractivity contribution in [3.8, 4) is 11.1 Å². The van der Waals surface area contributed by atoms with Crippen molar-refractivity contribution in [3.05, 3.63) is 60.4 Å². The van der Waals surface area contributed by atoms with E-state index < -0.39 is 0 Å². The summed E-state index contributed by atoms with van der Waals surface area (Å²) in [7, 11) is 0. The number of hydrogen-bond acceptors (Lipinski definition) is 10. The Bertz CT molecular complexity index is 2030. The summed E-state index contributed by atoms with van der Waals surface area (Å²) in [5, 5.41) is 16.0. The minimum Gasteiger partial charge on any atom is -0.465 e. The lowest BCUT2D eigenvalue weighted by molar-refractivity contribution is -0.139. The van der Waals surface area contributed by atoms with Crippen LogP contribution in [0, 0.1) is 6.92 Å². The maximum Gasteiger partial charge on any atom is 0.316 e. The molecule has 0 aliphatic heterocycles. The van der Waals surface area contributed by atoms with E-state index in [0.717, 1.165) is 53.5 Å². The molecule has 0 saturated carbocycles. The van der Waals surface area contributed by atoms with Gasteiger partial charge in [-0.15, -0.1) is 26.6 Å². The first-order valence-corrected chi connectivity index (χ1v) is 13.8. The number of rotatable bonds is 5. The van der Waals surface area contributed by atoms with Crippen molar-refractivity contribution in [1.82, 2.24) is 34.8 Å². The fraction of sp³-hybridized carbons (Fsp3) is 0.148. The van der Waals surface area contributed by atoms with Gasteiger partial charge in [-0.05, 0) is 25.5 Å². The topological polar surface area (TPSA) is 108 Å². The van der Waals surface area contributed by atoms with Crippen LogP contribution >= 0.6 is 23.1 Å². The Morgan fingerprint density at radius 2 is 1.87 bits per heavy atom. The van der Waals surface area contributed by atoms with E-state index in [1.54, 1.807) is 17.8 Å². The van der Waals surface area contributed by atoms with Gasteiger partial charge in [0.15, 0.2) is 5.65 Å². The Hall–Kier alpha value is -4.22. The molecule has 2 aromatic carbocycles. The number of carbonyl (C=O) groups excluding carboxylic acids is 1. The quantitative estimate of drug-likeness (QED) is 0.157. The molecule has 11 heteroatoms. The summed E-state index contributed by atoms with van der Waals surface area (Å²) in [6.45, 7) is 4.19. The van der Waals surface area contributed by atoms with E-state index >= 15 is 0 Å². The number of thiophene rings is 1. The van der Waals surface area contributed by atoms with Gasteiger partial charge in [-0.3, -0.25) is 4.79 Å². The number of esters is 1. The second-order valence-electron chi connectivity index (χ2n) is 8.73. The van der Waals surface area contributed by atoms with Gasteiger partial charge in [-0.25, -0.2) is 9.97 Å². The standard InChI is InChI=1S/C27H19N7O2S2/c1-3-36-18(35)12-37-27-30-25-24-23(28-13-34(25)33-27)20-19(15-10-8-14(2)9-11-15)22-21(29-26(20)38-24)16-6-4-5-7-17(16)31-32-22/h4-11,13H,3,12H2,1-2H3. The lowest BCUT2D eigenvalue weighted by Crippen LogP contribution is -2.06. The molecule has 5 heterocycles. The van der Waals surface area contributed by atoms with Gasteiger partial charge in [0.25, 0.3) is 0 Å². The number of thioether (sulfide) groups is 1. The molecular formula is C27H19N7O2S2. The Balaban J connectivity index is 1.52. The minimum atomic E-state index is -0.298. The van der Waals surface area contributed by atoms with Crippen molar-refractivity contribution in [2.75, 3.05) is 12.4 Å². The van der Waals surface area contributed by atoms with Crippen molar-refractivity contribution in [1.29, 1.82) is 0 Å². The van der Waals surface area contributed by atoms with Gasteiger partial charge < -0.3 is 4.74 Å². The normalized spacial score (nSPS) is 11.8. The van der Waals surface area contributed by atoms with Crippen molar-refractivity contribution < 1.29 is 9.53 Å². The smallest absolute Gasteiger partial charge is 0.316 e. The van der Waals surface area contributed by atoms with Crippen molar-refractivity contribution in [2.45, 2.75) is 19.0 Å². The summed E-state index contributed by atoms with van der Waals surface area (Å²) >= 11 is 2.77. The zero-order chi connectivity index (χ0) is 25.8. The molecule has 0 amide bonds. The molecule has 0 N–H and O–H groups in total. The molecule has 0 unspecified atom stereocenters. The highest BCUT2D eigenvalue weighted by Gasteiger charge is 2.22. The summed E-state index contributed by atoms with van der Waals surface area (Å²) in [5.74, 6) is -0.155. The third-order valence-corrected chi connectivity index (χ3v) is 8.16. The molecule has 0 bridgehead atoms. The molecule has 0 saturated heterocycles. The van der Waals surface area contributed by atoms with Crippen molar-refractivity contribution in [2.24, 2.45) is 0 Å². The summed E-state index contributed by atoms with van der Waals surface area (Å²) in [5.41, 5.74) is 6.91. The molecule has 38 heavy (non-hydrogen) atoms. The fourth-order valence-electron chi connectivity index (χ4n) is 4.57. The van der Waals surface area contributed by atoms with Gasteiger partial charge in [-0.1, -0.05) is 59.8 Å². The first-order chi connectivity index (χ1) is 18.6. The maximum atomic E-state index is 11.8. The van der Waals surface area contributed by atoms with E-state index in [2.05, 4.69) is 46.5 Å². The van der Waals surface area contributed by atoms with E-state index in [-0.39, 0.29) is 11.7 Å². The van der Waals surface area contributed by atoms with E-state index in [0.29, 0.717) is 17.4 Å². The van der Waals surface area contributed by atoms with E-state index in [1.165, 1.54) is 28.7 Å². The second kappa shape index (κ2) is 8.96. The van der Waals surface area contributed by atoms with Crippen LogP contribution in [0.2, 0.25) is 0 Å². The lowest BCUT2D eigenvalue weighted by Gasteiger charge is -2.10. The molecule has 0 radical (unpaired) electrons. The van der Waals surface area contributed by atoms with Crippen molar-refractivity contribution in [3.63, 3.8) is 0 Å². The fourth-order valence-corrected chi connectivity index (χ4v) is 6.31. The van der Waals surface area contributed by atoms with Crippen LogP contribution in [-0.4, -0.2) is 53.1 Å². The monoisotopic (exact) mass is 537 g/mol. The van der Waals surface area contributed by atoms with E-state index in [1.807, 2.05) is 24.3 Å². The molecule has 0 aliphatic carbocycles. The van der Waals surface area contributed by atoms with Crippen LogP contribution in [-0.2, 0) is 9.53 Å². The van der Waals surface area contributed by atoms with E-state index in [4.69, 9.17) is 19.7 Å². The average molecular weight is 538 g/mol. The van der Waals surface area contributed by atoms with Crippen molar-refractivity contribution >= 4 is 77.1 Å². The molecule has 0 spiro atoms. The van der Waals surface area contributed by atoms with Crippen LogP contribution in [0.15, 0.2) is 60.0 Å². The van der Waals surface area contributed by atoms with Gasteiger partial charge in [0.05, 0.1) is 23.4 Å². The molecular weight excluding hydrogens is 518 g/mol. The number of ether oxygens (including phenoxy) is 1. The van der Waals surface area contributed by atoms with Crippen LogP contribution in [0.3, 0.4) is 0 Å². The summed E-state index contributed by atoms with van der Waals surface area (Å²) in [4.78, 5) is 27.3. The number of aryl methyl sites for hydroxylation is 1. The van der Waals surface area contributed by atoms with Crippen LogP contribution in [0.1, 0.15) is 12.5 Å². The number of carbonyl (C=O) groups is 1. The first kappa shape index (κ1) is 22.9. The molecule has 0 aliphatic rings. The number of hydrogen-bond donors (Lipinski definition) is 0. The predicted octanol–water partition coefficient (Wildman–Crippen LogP) is 5.61. The third kappa shape index (κ3) is 3.65. The second-order valence-corrected chi connectivity index (χ2v) is 10.7. The summed E-state index contributed by atoms with van der Waals surface area (Å²) in [6.07, 6.45) is 1.65. The van der Waals surface area contributed by atoms with Crippen LogP contribution in [0.25, 0.3) is 59.1 Å². The third-order valence-electron chi connectivity index (χ3n) is 6.28. The first-order valence-electron chi connectivity index (χ1n) is 12.0. The predicted molar refractivity (Wildman–Crippen MR) is 150 cm³/mol. The highest BCUT2D eigenvalue weighted by Crippen LogP contribution is 2.43. The Morgan fingerprint density at radius 3 is 2.71 bits per heavy atom. The van der Waals surface area contributed by atoms with E-state index in [9.17, 15) is 4.79 Å². The summed E-state index contributed by atoms with van der Waals surface area (Å²) in [6, 6.07) is 16.3. The lowest BCUT2D eigenvalue weighted by atomic mass is 9.99. The number of benzene rings is 2. The average Bonchev–Trinajstić information content (AvgIpc) is 3.52. The SMILES string of the molecule is CCOC(=O)CSc1nc2c3sc4nc5c(nnc6ccccc65)c(-c5ccc(C)cc5)c4c3ncn2n1. The van der Waals surface area contributed by atoms with Crippen LogP contribution in [0.4, 0.5) is 0 Å². The minimum absolute atomic E-state index is 0.143. The van der Waals surface area contributed by atoms with Crippen LogP contribution in [0.5, 0.6) is 0 Å². The zero-order valence-corrected chi connectivity index (χ0v) is 22.0. The molecule has 9 nitrogen and oxygen atoms in total. The number of aromatic nitrogens is 7. The Kier molecular flexibility index (Phi) is 5.41. The number of nitrogens with zero attached hydrogens (tertiary/aromatic N) is 7. The van der Waals surface area contributed by atoms with Crippen LogP contribution < -0.4 is 0 Å². The molecule has 7 rings (SSSR count). The molecule has 0 atom stereocenters. The number of pyridine rings is 1. The Morgan fingerprint density at radius 1 is 1.03 bits per heavy atom.